The average Bonchev–Trinajstić information content (AvgIpc) is 3.21. The molecule has 3 heterocycles. The molecule has 8 heteroatoms. The number of likely N-dealkylation sites (tertiary alicyclic amines) is 1. The fourth-order valence-corrected chi connectivity index (χ4v) is 4.74. The molecule has 4 rings (SSSR count). The zero-order valence-electron chi connectivity index (χ0n) is 19.5. The Morgan fingerprint density at radius 3 is 2.72 bits per heavy atom. The second kappa shape index (κ2) is 10.2. The minimum Gasteiger partial charge on any atom is -0.352 e. The maximum atomic E-state index is 12.8. The van der Waals surface area contributed by atoms with Crippen LogP contribution in [0.25, 0.3) is 0 Å². The molecule has 8 nitrogen and oxygen atoms in total. The number of anilines is 1. The van der Waals surface area contributed by atoms with Crippen LogP contribution in [-0.4, -0.2) is 71.2 Å². The lowest BCUT2D eigenvalue weighted by Crippen LogP contribution is -2.55. The summed E-state index contributed by atoms with van der Waals surface area (Å²) in [6.45, 7) is 8.04. The van der Waals surface area contributed by atoms with Gasteiger partial charge in [-0.2, -0.15) is 5.10 Å². The van der Waals surface area contributed by atoms with Gasteiger partial charge < -0.3 is 15.1 Å². The summed E-state index contributed by atoms with van der Waals surface area (Å²) in [4.78, 5) is 23.6. The van der Waals surface area contributed by atoms with Gasteiger partial charge >= 0.3 is 0 Å². The van der Waals surface area contributed by atoms with Crippen molar-refractivity contribution < 1.29 is 4.79 Å². The van der Waals surface area contributed by atoms with E-state index in [-0.39, 0.29) is 5.91 Å². The number of carbonyl (C=O) groups excluding carboxylic acids is 1. The van der Waals surface area contributed by atoms with E-state index in [1.165, 1.54) is 37.1 Å². The summed E-state index contributed by atoms with van der Waals surface area (Å²) in [5, 5.41) is 7.67. The van der Waals surface area contributed by atoms with Crippen molar-refractivity contribution in [2.24, 2.45) is 18.0 Å². The minimum atomic E-state index is 0.0619. The Balaban J connectivity index is 1.36. The highest BCUT2D eigenvalue weighted by Crippen LogP contribution is 2.20. The van der Waals surface area contributed by atoms with Crippen LogP contribution in [0.2, 0.25) is 0 Å². The lowest BCUT2D eigenvalue weighted by Gasteiger charge is -2.35. The summed E-state index contributed by atoms with van der Waals surface area (Å²) in [5.74, 6) is 1.60. The monoisotopic (exact) mass is 437 g/mol. The number of aliphatic imine (C=N–C) groups is 1. The highest BCUT2D eigenvalue weighted by Gasteiger charge is 2.27. The molecule has 1 atom stereocenters. The van der Waals surface area contributed by atoms with E-state index in [0.717, 1.165) is 30.7 Å². The van der Waals surface area contributed by atoms with Gasteiger partial charge in [-0.15, -0.1) is 0 Å². The zero-order valence-corrected chi connectivity index (χ0v) is 19.5. The first-order valence-corrected chi connectivity index (χ1v) is 11.6. The third-order valence-electron chi connectivity index (χ3n) is 6.43. The number of nitrogens with zero attached hydrogens (tertiary/aromatic N) is 6. The van der Waals surface area contributed by atoms with E-state index >= 15 is 0 Å². The second-order valence-electron chi connectivity index (χ2n) is 8.99. The molecule has 2 saturated heterocycles. The predicted octanol–water partition coefficient (Wildman–Crippen LogP) is 2.08. The SMILES string of the molecule is CN=C(NCc1ccccc1CN1CCCC(C)C1)N1CCN(c2cnn(C)c2)C(=O)C1. The van der Waals surface area contributed by atoms with Crippen molar-refractivity contribution in [1.82, 2.24) is 24.9 Å². The van der Waals surface area contributed by atoms with Crippen LogP contribution < -0.4 is 10.2 Å². The third kappa shape index (κ3) is 5.30. The molecule has 32 heavy (non-hydrogen) atoms. The molecule has 0 saturated carbocycles. The summed E-state index contributed by atoms with van der Waals surface area (Å²) < 4.78 is 1.72. The Morgan fingerprint density at radius 1 is 1.22 bits per heavy atom. The van der Waals surface area contributed by atoms with Gasteiger partial charge in [-0.25, -0.2) is 0 Å². The van der Waals surface area contributed by atoms with Gasteiger partial charge in [-0.3, -0.25) is 19.4 Å². The summed E-state index contributed by atoms with van der Waals surface area (Å²) in [6.07, 6.45) is 6.23. The molecular formula is C24H35N7O. The summed E-state index contributed by atoms with van der Waals surface area (Å²) in [6, 6.07) is 8.64. The smallest absolute Gasteiger partial charge is 0.246 e. The van der Waals surface area contributed by atoms with E-state index in [0.29, 0.717) is 19.6 Å². The topological polar surface area (TPSA) is 69.0 Å². The molecule has 2 aromatic rings. The maximum Gasteiger partial charge on any atom is 0.246 e. The fourth-order valence-electron chi connectivity index (χ4n) is 4.74. The Hall–Kier alpha value is -2.87. The number of hydrogen-bond donors (Lipinski definition) is 1. The van der Waals surface area contributed by atoms with Gasteiger partial charge in [0.1, 0.15) is 6.54 Å². The molecule has 1 unspecified atom stereocenters. The van der Waals surface area contributed by atoms with Gasteiger partial charge in [0.05, 0.1) is 11.9 Å². The van der Waals surface area contributed by atoms with Gasteiger partial charge in [0, 0.05) is 53.0 Å². The molecule has 2 aliphatic rings. The molecule has 2 fully saturated rings. The van der Waals surface area contributed by atoms with E-state index in [9.17, 15) is 4.79 Å². The van der Waals surface area contributed by atoms with Crippen LogP contribution in [-0.2, 0) is 24.9 Å². The first kappa shape index (κ1) is 22.3. The number of amides is 1. The molecule has 2 aliphatic heterocycles. The number of piperidine rings is 1. The van der Waals surface area contributed by atoms with Gasteiger partial charge in [0.2, 0.25) is 5.91 Å². The normalized spacial score (nSPS) is 20.7. The molecule has 1 amide bonds. The van der Waals surface area contributed by atoms with Crippen molar-refractivity contribution in [2.45, 2.75) is 32.9 Å². The van der Waals surface area contributed by atoms with Crippen LogP contribution >= 0.6 is 0 Å². The Kier molecular flexibility index (Phi) is 7.09. The van der Waals surface area contributed by atoms with E-state index in [1.807, 2.05) is 18.1 Å². The number of aryl methyl sites for hydroxylation is 1. The predicted molar refractivity (Wildman–Crippen MR) is 127 cm³/mol. The van der Waals surface area contributed by atoms with E-state index in [2.05, 4.69) is 51.5 Å². The number of aromatic nitrogens is 2. The van der Waals surface area contributed by atoms with Crippen LogP contribution in [0.15, 0.2) is 41.7 Å². The average molecular weight is 438 g/mol. The lowest BCUT2D eigenvalue weighted by atomic mass is 9.99. The van der Waals surface area contributed by atoms with Crippen molar-refractivity contribution in [3.05, 3.63) is 47.8 Å². The Morgan fingerprint density at radius 2 is 2.03 bits per heavy atom. The molecular weight excluding hydrogens is 402 g/mol. The zero-order chi connectivity index (χ0) is 22.5. The van der Waals surface area contributed by atoms with Crippen LogP contribution in [0.5, 0.6) is 0 Å². The van der Waals surface area contributed by atoms with Gasteiger partial charge in [0.15, 0.2) is 5.96 Å². The van der Waals surface area contributed by atoms with E-state index in [1.54, 1.807) is 22.8 Å². The highest BCUT2D eigenvalue weighted by atomic mass is 16.2. The molecule has 0 aliphatic carbocycles. The molecule has 0 radical (unpaired) electrons. The molecule has 0 bridgehead atoms. The first-order valence-electron chi connectivity index (χ1n) is 11.6. The Labute approximate surface area is 190 Å². The molecule has 1 aromatic carbocycles. The molecule has 172 valence electrons. The summed E-state index contributed by atoms with van der Waals surface area (Å²) >= 11 is 0. The van der Waals surface area contributed by atoms with Crippen molar-refractivity contribution in [3.8, 4) is 0 Å². The van der Waals surface area contributed by atoms with Crippen LogP contribution in [0.3, 0.4) is 0 Å². The minimum absolute atomic E-state index is 0.0619. The number of nitrogens with one attached hydrogen (secondary N) is 1. The number of piperazine rings is 1. The first-order chi connectivity index (χ1) is 15.5. The number of hydrogen-bond acceptors (Lipinski definition) is 4. The molecule has 0 spiro atoms. The molecule has 1 N–H and O–H groups in total. The van der Waals surface area contributed by atoms with Crippen molar-refractivity contribution in [3.63, 3.8) is 0 Å². The lowest BCUT2D eigenvalue weighted by molar-refractivity contribution is -0.120. The Bertz CT molecular complexity index is 953. The standard InChI is InChI=1S/C24H35N7O/c1-19-7-6-10-29(15-19)16-21-9-5-4-8-20(21)13-26-24(25-2)30-11-12-31(23(32)18-30)22-14-27-28(3)17-22/h4-5,8-9,14,17,19H,6-7,10-13,15-16,18H2,1-3H3,(H,25,26). The third-order valence-corrected chi connectivity index (χ3v) is 6.43. The molecule has 1 aromatic heterocycles. The van der Waals surface area contributed by atoms with E-state index in [4.69, 9.17) is 0 Å². The number of benzene rings is 1. The fraction of sp³-hybridized carbons (Fsp3) is 0.542. The quantitative estimate of drug-likeness (QED) is 0.573. The summed E-state index contributed by atoms with van der Waals surface area (Å²) in [7, 11) is 3.64. The van der Waals surface area contributed by atoms with Crippen LogP contribution in [0, 0.1) is 5.92 Å². The maximum absolute atomic E-state index is 12.8. The number of rotatable bonds is 5. The highest BCUT2D eigenvalue weighted by molar-refractivity contribution is 5.98. The largest absolute Gasteiger partial charge is 0.352 e. The van der Waals surface area contributed by atoms with Crippen molar-refractivity contribution in [2.75, 3.05) is 44.7 Å². The van der Waals surface area contributed by atoms with Crippen molar-refractivity contribution in [1.29, 1.82) is 0 Å². The summed E-state index contributed by atoms with van der Waals surface area (Å²) in [5.41, 5.74) is 3.50. The number of guanidine groups is 1. The van der Waals surface area contributed by atoms with Gasteiger partial charge in [0.25, 0.3) is 0 Å². The van der Waals surface area contributed by atoms with E-state index < -0.39 is 0 Å². The van der Waals surface area contributed by atoms with Gasteiger partial charge in [-0.05, 0) is 36.4 Å². The second-order valence-corrected chi connectivity index (χ2v) is 8.99. The van der Waals surface area contributed by atoms with Crippen molar-refractivity contribution >= 4 is 17.6 Å². The van der Waals surface area contributed by atoms with Gasteiger partial charge in [-0.1, -0.05) is 31.2 Å². The number of carbonyl (C=O) groups is 1. The van der Waals surface area contributed by atoms with Crippen LogP contribution in [0.4, 0.5) is 5.69 Å². The van der Waals surface area contributed by atoms with Crippen LogP contribution in [0.1, 0.15) is 30.9 Å².